The van der Waals surface area contributed by atoms with E-state index < -0.39 is 0 Å². The fraction of sp³-hybridized carbons (Fsp3) is 0.618. The van der Waals surface area contributed by atoms with Crippen molar-refractivity contribution in [2.75, 3.05) is 38.2 Å². The van der Waals surface area contributed by atoms with Crippen LogP contribution in [0.3, 0.4) is 0 Å². The molecule has 5 rings (SSSR count). The Balaban J connectivity index is 1.37. The minimum atomic E-state index is -0.366. The number of amidine groups is 1. The highest BCUT2D eigenvalue weighted by Crippen LogP contribution is 2.42. The van der Waals surface area contributed by atoms with Gasteiger partial charge in [-0.3, -0.25) is 14.6 Å². The molecule has 8 nitrogen and oxygen atoms in total. The van der Waals surface area contributed by atoms with Gasteiger partial charge in [-0.25, -0.2) is 0 Å². The fourth-order valence-electron chi connectivity index (χ4n) is 5.81. The second-order valence-electron chi connectivity index (χ2n) is 12.0. The summed E-state index contributed by atoms with van der Waals surface area (Å²) >= 11 is 1.61. The van der Waals surface area contributed by atoms with E-state index in [1.807, 2.05) is 19.9 Å². The maximum Gasteiger partial charge on any atom is 0.254 e. The summed E-state index contributed by atoms with van der Waals surface area (Å²) in [6.07, 6.45) is 7.43. The lowest BCUT2D eigenvalue weighted by atomic mass is 9.83. The zero-order valence-electron chi connectivity index (χ0n) is 26.0. The minimum absolute atomic E-state index is 0.0411. The molecule has 2 fully saturated rings. The third-order valence-corrected chi connectivity index (χ3v) is 9.79. The van der Waals surface area contributed by atoms with Gasteiger partial charge in [0.15, 0.2) is 6.29 Å². The number of aryl methyl sites for hydroxylation is 1. The number of anilines is 1. The van der Waals surface area contributed by atoms with Crippen molar-refractivity contribution in [3.05, 3.63) is 51.9 Å². The summed E-state index contributed by atoms with van der Waals surface area (Å²) in [5.74, 6) is 2.09. The van der Waals surface area contributed by atoms with Gasteiger partial charge in [0.2, 0.25) is 5.91 Å². The highest BCUT2D eigenvalue weighted by atomic mass is 32.1. The van der Waals surface area contributed by atoms with Gasteiger partial charge in [0.25, 0.3) is 5.91 Å². The largest absolute Gasteiger partial charge is 0.356 e. The summed E-state index contributed by atoms with van der Waals surface area (Å²) in [6.45, 7) is 10.1. The van der Waals surface area contributed by atoms with E-state index in [-0.39, 0.29) is 24.0 Å². The Morgan fingerprint density at radius 2 is 1.77 bits per heavy atom. The zero-order valence-corrected chi connectivity index (χ0v) is 26.8. The molecule has 2 amide bonds. The normalized spacial score (nSPS) is 18.4. The van der Waals surface area contributed by atoms with Gasteiger partial charge in [-0.15, -0.1) is 11.3 Å². The predicted molar refractivity (Wildman–Crippen MR) is 173 cm³/mol. The summed E-state index contributed by atoms with van der Waals surface area (Å²) < 4.78 is 11.6. The van der Waals surface area contributed by atoms with Crippen molar-refractivity contribution in [3.8, 4) is 0 Å². The number of amides is 2. The van der Waals surface area contributed by atoms with Crippen LogP contribution in [0.4, 0.5) is 5.00 Å². The second kappa shape index (κ2) is 15.3. The first-order valence-corrected chi connectivity index (χ1v) is 17.1. The fourth-order valence-corrected chi connectivity index (χ4v) is 7.06. The quantitative estimate of drug-likeness (QED) is 0.138. The number of ether oxygens (including phenoxy) is 2. The molecule has 3 aliphatic carbocycles. The van der Waals surface area contributed by atoms with Gasteiger partial charge in [0.1, 0.15) is 5.00 Å². The average Bonchev–Trinajstić information content (AvgIpc) is 3.94. The van der Waals surface area contributed by atoms with Crippen LogP contribution in [0.5, 0.6) is 0 Å². The molecule has 0 saturated heterocycles. The van der Waals surface area contributed by atoms with Gasteiger partial charge in [0, 0.05) is 50.1 Å². The van der Waals surface area contributed by atoms with E-state index in [2.05, 4.69) is 46.7 Å². The molecule has 0 unspecified atom stereocenters. The number of nitrogens with one attached hydrogen (secondary N) is 2. The standard InChI is InChI=1S/C34H48N4O4S/c1-4-38(22-24-10-8-7-9-11-24)29(35-21-30(41-5-2)42-6-3)19-25-14-17-28-27(18-25)31(33(40)36-20-23-12-13-23)34(43-28)37-32(39)26-15-16-26/h7-11,23,25-26,30H,4-6,12-22H2,1-3H3,(H,36,40)(H,37,39)/t25-/m0/s1. The third-order valence-electron chi connectivity index (χ3n) is 8.59. The zero-order chi connectivity index (χ0) is 30.2. The predicted octanol–water partition coefficient (Wildman–Crippen LogP) is 6.05. The number of nitrogens with zero attached hydrogens (tertiary/aromatic N) is 2. The van der Waals surface area contributed by atoms with Crippen molar-refractivity contribution in [2.24, 2.45) is 22.7 Å². The Morgan fingerprint density at radius 1 is 1.02 bits per heavy atom. The molecule has 0 spiro atoms. The topological polar surface area (TPSA) is 92.3 Å². The molecular formula is C34H48N4O4S. The van der Waals surface area contributed by atoms with Crippen molar-refractivity contribution in [2.45, 2.75) is 85.0 Å². The molecule has 2 aromatic rings. The van der Waals surface area contributed by atoms with E-state index in [4.69, 9.17) is 14.5 Å². The van der Waals surface area contributed by atoms with Crippen LogP contribution >= 0.6 is 11.3 Å². The number of hydrogen-bond donors (Lipinski definition) is 2. The number of aliphatic imine (C=N–C) groups is 1. The molecule has 0 aliphatic heterocycles. The van der Waals surface area contributed by atoms with Crippen molar-refractivity contribution in [3.63, 3.8) is 0 Å². The van der Waals surface area contributed by atoms with Crippen LogP contribution in [-0.4, -0.2) is 61.7 Å². The molecule has 1 heterocycles. The number of carbonyl (C=O) groups is 2. The number of carbonyl (C=O) groups excluding carboxylic acids is 2. The van der Waals surface area contributed by atoms with Gasteiger partial charge in [-0.1, -0.05) is 30.3 Å². The molecule has 0 bridgehead atoms. The Kier molecular flexibility index (Phi) is 11.3. The maximum absolute atomic E-state index is 13.6. The first-order chi connectivity index (χ1) is 21.0. The van der Waals surface area contributed by atoms with Crippen LogP contribution in [-0.2, 0) is 33.7 Å². The smallest absolute Gasteiger partial charge is 0.254 e. The lowest BCUT2D eigenvalue weighted by Crippen LogP contribution is -2.34. The van der Waals surface area contributed by atoms with Gasteiger partial charge < -0.3 is 25.0 Å². The van der Waals surface area contributed by atoms with Crippen LogP contribution in [0.1, 0.15) is 85.7 Å². The van der Waals surface area contributed by atoms with Gasteiger partial charge in [-0.2, -0.15) is 0 Å². The molecule has 234 valence electrons. The number of fused-ring (bicyclic) bond motifs is 1. The summed E-state index contributed by atoms with van der Waals surface area (Å²) in [5.41, 5.74) is 3.06. The molecule has 1 aromatic carbocycles. The monoisotopic (exact) mass is 608 g/mol. The Morgan fingerprint density at radius 3 is 2.42 bits per heavy atom. The molecule has 2 N–H and O–H groups in total. The van der Waals surface area contributed by atoms with Crippen LogP contribution in [0.2, 0.25) is 0 Å². The van der Waals surface area contributed by atoms with Crippen LogP contribution in [0.25, 0.3) is 0 Å². The van der Waals surface area contributed by atoms with Crippen molar-refractivity contribution < 1.29 is 19.1 Å². The molecule has 3 aliphatic rings. The number of rotatable bonds is 16. The van der Waals surface area contributed by atoms with Crippen LogP contribution in [0.15, 0.2) is 35.3 Å². The van der Waals surface area contributed by atoms with Gasteiger partial charge >= 0.3 is 0 Å². The first-order valence-electron chi connectivity index (χ1n) is 16.3. The van der Waals surface area contributed by atoms with Crippen molar-refractivity contribution >= 4 is 34.0 Å². The second-order valence-corrected chi connectivity index (χ2v) is 13.1. The Bertz CT molecular complexity index is 1250. The molecule has 1 aromatic heterocycles. The first kappa shape index (κ1) is 31.7. The van der Waals surface area contributed by atoms with Crippen molar-refractivity contribution in [1.82, 2.24) is 10.2 Å². The molecule has 0 radical (unpaired) electrons. The maximum atomic E-state index is 13.6. The highest BCUT2D eigenvalue weighted by molar-refractivity contribution is 7.17. The molecular weight excluding hydrogens is 560 g/mol. The van der Waals surface area contributed by atoms with E-state index in [1.165, 1.54) is 23.3 Å². The van der Waals surface area contributed by atoms with Gasteiger partial charge in [0.05, 0.1) is 17.9 Å². The van der Waals surface area contributed by atoms with E-state index in [0.717, 1.165) is 68.0 Å². The summed E-state index contributed by atoms with van der Waals surface area (Å²) in [5, 5.41) is 7.06. The van der Waals surface area contributed by atoms with E-state index >= 15 is 0 Å². The average molecular weight is 609 g/mol. The lowest BCUT2D eigenvalue weighted by molar-refractivity contribution is -0.128. The molecule has 9 heteroatoms. The lowest BCUT2D eigenvalue weighted by Gasteiger charge is -2.30. The molecule has 1 atom stereocenters. The van der Waals surface area contributed by atoms with E-state index in [9.17, 15) is 9.59 Å². The number of thiophene rings is 1. The van der Waals surface area contributed by atoms with Crippen molar-refractivity contribution in [1.29, 1.82) is 0 Å². The van der Waals surface area contributed by atoms with E-state index in [1.54, 1.807) is 11.3 Å². The third kappa shape index (κ3) is 8.89. The van der Waals surface area contributed by atoms with Gasteiger partial charge in [-0.05, 0) is 88.7 Å². The Hall–Kier alpha value is -2.75. The number of hydrogen-bond acceptors (Lipinski definition) is 6. The highest BCUT2D eigenvalue weighted by Gasteiger charge is 2.35. The number of benzene rings is 1. The summed E-state index contributed by atoms with van der Waals surface area (Å²) in [4.78, 5) is 35.0. The minimum Gasteiger partial charge on any atom is -0.356 e. The van der Waals surface area contributed by atoms with Crippen LogP contribution < -0.4 is 10.6 Å². The molecule has 43 heavy (non-hydrogen) atoms. The Labute approximate surface area is 260 Å². The summed E-state index contributed by atoms with van der Waals surface area (Å²) in [6, 6.07) is 10.5. The SMILES string of the molecule is CCOC(CN=C(C[C@H]1CCc2sc(NC(=O)C3CC3)c(C(=O)NCC3CC3)c2C1)N(CC)Cc1ccccc1)OCC. The summed E-state index contributed by atoms with van der Waals surface area (Å²) in [7, 11) is 0. The van der Waals surface area contributed by atoms with Crippen LogP contribution in [0, 0.1) is 17.8 Å². The molecule has 2 saturated carbocycles. The van der Waals surface area contributed by atoms with E-state index in [0.29, 0.717) is 43.7 Å².